The van der Waals surface area contributed by atoms with Gasteiger partial charge in [-0.1, -0.05) is 39.2 Å². The summed E-state index contributed by atoms with van der Waals surface area (Å²) in [6, 6.07) is 5.91. The monoisotopic (exact) mass is 250 g/mol. The van der Waals surface area contributed by atoms with Gasteiger partial charge in [-0.05, 0) is 18.9 Å². The minimum absolute atomic E-state index is 0.0832. The fourth-order valence-electron chi connectivity index (χ4n) is 2.18. The zero-order valence-electron chi connectivity index (χ0n) is 11.7. The van der Waals surface area contributed by atoms with Crippen molar-refractivity contribution < 1.29 is 0 Å². The summed E-state index contributed by atoms with van der Waals surface area (Å²) in [5, 5.41) is 3.57. The van der Waals surface area contributed by atoms with E-state index in [1.165, 1.54) is 32.1 Å². The maximum atomic E-state index is 11.5. The molecule has 3 heteroatoms. The Balaban J connectivity index is 2.34. The van der Waals surface area contributed by atoms with Crippen LogP contribution in [0.1, 0.15) is 46.0 Å². The lowest BCUT2D eigenvalue weighted by atomic mass is 10.1. The van der Waals surface area contributed by atoms with Crippen molar-refractivity contribution in [3.63, 3.8) is 0 Å². The number of nitrogens with zero attached hydrogens (tertiary/aromatic N) is 1. The van der Waals surface area contributed by atoms with Gasteiger partial charge in [0.15, 0.2) is 0 Å². The second kappa shape index (κ2) is 8.92. The van der Waals surface area contributed by atoms with Crippen molar-refractivity contribution in [2.75, 3.05) is 6.54 Å². The predicted octanol–water partition coefficient (Wildman–Crippen LogP) is 2.80. The van der Waals surface area contributed by atoms with Gasteiger partial charge in [-0.15, -0.1) is 0 Å². The van der Waals surface area contributed by atoms with Crippen molar-refractivity contribution in [3.05, 3.63) is 34.7 Å². The van der Waals surface area contributed by atoms with Crippen LogP contribution in [0.15, 0.2) is 29.2 Å². The van der Waals surface area contributed by atoms with Crippen molar-refractivity contribution in [2.24, 2.45) is 0 Å². The molecule has 0 amide bonds. The van der Waals surface area contributed by atoms with E-state index in [0.717, 1.165) is 13.1 Å². The second-order valence-corrected chi connectivity index (χ2v) is 4.81. The van der Waals surface area contributed by atoms with Gasteiger partial charge in [0.05, 0.1) is 0 Å². The van der Waals surface area contributed by atoms with E-state index in [1.807, 2.05) is 12.3 Å². The number of rotatable bonds is 9. The maximum absolute atomic E-state index is 11.5. The lowest BCUT2D eigenvalue weighted by Crippen LogP contribution is -2.33. The minimum Gasteiger partial charge on any atom is -0.314 e. The third-order valence-electron chi connectivity index (χ3n) is 3.23. The predicted molar refractivity (Wildman–Crippen MR) is 76.9 cm³/mol. The normalized spacial score (nSPS) is 12.6. The minimum atomic E-state index is 0.0832. The topological polar surface area (TPSA) is 34.0 Å². The highest BCUT2D eigenvalue weighted by atomic mass is 16.1. The molecule has 0 spiro atoms. The van der Waals surface area contributed by atoms with Gasteiger partial charge in [0.25, 0.3) is 5.56 Å². The van der Waals surface area contributed by atoms with Gasteiger partial charge in [0.1, 0.15) is 0 Å². The molecule has 1 aromatic rings. The molecule has 3 nitrogen and oxygen atoms in total. The lowest BCUT2D eigenvalue weighted by Gasteiger charge is -2.18. The summed E-state index contributed by atoms with van der Waals surface area (Å²) in [6.07, 6.45) is 8.07. The van der Waals surface area contributed by atoms with Crippen LogP contribution in [0.2, 0.25) is 0 Å². The summed E-state index contributed by atoms with van der Waals surface area (Å²) < 4.78 is 1.76. The fraction of sp³-hybridized carbons (Fsp3) is 0.667. The summed E-state index contributed by atoms with van der Waals surface area (Å²) in [5.41, 5.74) is 0.0832. The van der Waals surface area contributed by atoms with Crippen LogP contribution >= 0.6 is 0 Å². The van der Waals surface area contributed by atoms with Crippen LogP contribution in [-0.2, 0) is 6.54 Å². The molecule has 18 heavy (non-hydrogen) atoms. The van der Waals surface area contributed by atoms with Crippen LogP contribution in [-0.4, -0.2) is 17.2 Å². The molecular weight excluding hydrogens is 224 g/mol. The Morgan fingerprint density at radius 3 is 2.72 bits per heavy atom. The zero-order valence-corrected chi connectivity index (χ0v) is 11.7. The van der Waals surface area contributed by atoms with Gasteiger partial charge in [0, 0.05) is 31.4 Å². The Bertz CT molecular complexity index is 373. The van der Waals surface area contributed by atoms with Crippen LogP contribution < -0.4 is 10.9 Å². The van der Waals surface area contributed by atoms with E-state index in [1.54, 1.807) is 16.7 Å². The SMILES string of the molecule is CCCCC(CCC)NCCn1ccccc1=O. The summed E-state index contributed by atoms with van der Waals surface area (Å²) in [5.74, 6) is 0. The average molecular weight is 250 g/mol. The molecule has 1 rings (SSSR count). The molecule has 0 saturated carbocycles. The molecule has 1 atom stereocenters. The summed E-state index contributed by atoms with van der Waals surface area (Å²) in [7, 11) is 0. The van der Waals surface area contributed by atoms with Crippen LogP contribution in [0.4, 0.5) is 0 Å². The molecule has 1 N–H and O–H groups in total. The zero-order chi connectivity index (χ0) is 13.2. The van der Waals surface area contributed by atoms with E-state index < -0.39 is 0 Å². The molecular formula is C15H26N2O. The third-order valence-corrected chi connectivity index (χ3v) is 3.23. The highest BCUT2D eigenvalue weighted by Gasteiger charge is 2.05. The summed E-state index contributed by atoms with van der Waals surface area (Å²) >= 11 is 0. The molecule has 0 aliphatic carbocycles. The van der Waals surface area contributed by atoms with Crippen LogP contribution in [0.5, 0.6) is 0 Å². The Morgan fingerprint density at radius 1 is 1.22 bits per heavy atom. The largest absolute Gasteiger partial charge is 0.314 e. The van der Waals surface area contributed by atoms with Gasteiger partial charge in [-0.2, -0.15) is 0 Å². The van der Waals surface area contributed by atoms with Gasteiger partial charge in [-0.25, -0.2) is 0 Å². The van der Waals surface area contributed by atoms with Crippen molar-refractivity contribution in [2.45, 2.75) is 58.5 Å². The van der Waals surface area contributed by atoms with E-state index in [0.29, 0.717) is 6.04 Å². The highest BCUT2D eigenvalue weighted by Crippen LogP contribution is 2.06. The van der Waals surface area contributed by atoms with Gasteiger partial charge >= 0.3 is 0 Å². The van der Waals surface area contributed by atoms with Gasteiger partial charge < -0.3 is 9.88 Å². The molecule has 1 heterocycles. The van der Waals surface area contributed by atoms with E-state index >= 15 is 0 Å². The van der Waals surface area contributed by atoms with Crippen LogP contribution in [0.3, 0.4) is 0 Å². The van der Waals surface area contributed by atoms with E-state index in [4.69, 9.17) is 0 Å². The maximum Gasteiger partial charge on any atom is 0.250 e. The molecule has 0 aliphatic rings. The lowest BCUT2D eigenvalue weighted by molar-refractivity contribution is 0.422. The number of hydrogen-bond donors (Lipinski definition) is 1. The number of aromatic nitrogens is 1. The summed E-state index contributed by atoms with van der Waals surface area (Å²) in [6.45, 7) is 6.08. The number of nitrogens with one attached hydrogen (secondary N) is 1. The molecule has 1 unspecified atom stereocenters. The molecule has 0 aromatic carbocycles. The highest BCUT2D eigenvalue weighted by molar-refractivity contribution is 4.93. The fourth-order valence-corrected chi connectivity index (χ4v) is 2.18. The summed E-state index contributed by atoms with van der Waals surface area (Å²) in [4.78, 5) is 11.5. The van der Waals surface area contributed by atoms with Crippen molar-refractivity contribution in [1.29, 1.82) is 0 Å². The van der Waals surface area contributed by atoms with Crippen molar-refractivity contribution >= 4 is 0 Å². The van der Waals surface area contributed by atoms with Crippen LogP contribution in [0.25, 0.3) is 0 Å². The van der Waals surface area contributed by atoms with Gasteiger partial charge in [0.2, 0.25) is 0 Å². The average Bonchev–Trinajstić information content (AvgIpc) is 2.38. The number of pyridine rings is 1. The first-order chi connectivity index (χ1) is 8.77. The van der Waals surface area contributed by atoms with Crippen molar-refractivity contribution in [3.8, 4) is 0 Å². The number of unbranched alkanes of at least 4 members (excludes halogenated alkanes) is 1. The first-order valence-electron chi connectivity index (χ1n) is 7.16. The molecule has 0 saturated heterocycles. The molecule has 0 bridgehead atoms. The first kappa shape index (κ1) is 15.0. The molecule has 0 aliphatic heterocycles. The first-order valence-corrected chi connectivity index (χ1v) is 7.16. The van der Waals surface area contributed by atoms with E-state index in [2.05, 4.69) is 19.2 Å². The Morgan fingerprint density at radius 2 is 2.06 bits per heavy atom. The van der Waals surface area contributed by atoms with Gasteiger partial charge in [-0.3, -0.25) is 4.79 Å². The second-order valence-electron chi connectivity index (χ2n) is 4.81. The van der Waals surface area contributed by atoms with Crippen molar-refractivity contribution in [1.82, 2.24) is 9.88 Å². The quantitative estimate of drug-likeness (QED) is 0.731. The number of hydrogen-bond acceptors (Lipinski definition) is 2. The smallest absolute Gasteiger partial charge is 0.250 e. The Kier molecular flexibility index (Phi) is 7.42. The molecule has 1 aromatic heterocycles. The molecule has 0 radical (unpaired) electrons. The molecule has 0 fully saturated rings. The molecule has 102 valence electrons. The van der Waals surface area contributed by atoms with E-state index in [-0.39, 0.29) is 5.56 Å². The Labute approximate surface area is 110 Å². The standard InChI is InChI=1S/C15H26N2O/c1-3-5-9-14(8-4-2)16-11-13-17-12-7-6-10-15(17)18/h6-7,10,12,14,16H,3-5,8-9,11,13H2,1-2H3. The third kappa shape index (κ3) is 5.50. The van der Waals surface area contributed by atoms with E-state index in [9.17, 15) is 4.79 Å². The van der Waals surface area contributed by atoms with Crippen LogP contribution in [0, 0.1) is 0 Å². The Hall–Kier alpha value is -1.09.